The number of carbonyl (C=O) groups excluding carboxylic acids is 1. The maximum atomic E-state index is 11.7. The van der Waals surface area contributed by atoms with E-state index >= 15 is 0 Å². The summed E-state index contributed by atoms with van der Waals surface area (Å²) in [6.07, 6.45) is 0.131. The molecule has 0 saturated carbocycles. The number of aromatic nitrogens is 3. The molecule has 1 amide bonds. The van der Waals surface area contributed by atoms with E-state index in [4.69, 9.17) is 4.52 Å². The van der Waals surface area contributed by atoms with E-state index in [-0.39, 0.29) is 24.7 Å². The Morgan fingerprint density at radius 1 is 1.50 bits per heavy atom. The molecular formula is C11H13N5O4. The van der Waals surface area contributed by atoms with Crippen LogP contribution in [0, 0.1) is 24.0 Å². The van der Waals surface area contributed by atoms with Crippen LogP contribution in [0.4, 0.5) is 11.6 Å². The van der Waals surface area contributed by atoms with Crippen LogP contribution in [0.15, 0.2) is 16.7 Å². The molecule has 0 bridgehead atoms. The summed E-state index contributed by atoms with van der Waals surface area (Å²) in [4.78, 5) is 21.7. The van der Waals surface area contributed by atoms with Gasteiger partial charge >= 0.3 is 5.82 Å². The van der Waals surface area contributed by atoms with Gasteiger partial charge in [-0.25, -0.2) is 0 Å². The predicted octanol–water partition coefficient (Wildman–Crippen LogP) is 1.42. The van der Waals surface area contributed by atoms with Crippen molar-refractivity contribution in [1.82, 2.24) is 14.9 Å². The van der Waals surface area contributed by atoms with Crippen molar-refractivity contribution in [2.45, 2.75) is 26.8 Å². The van der Waals surface area contributed by atoms with E-state index in [0.717, 1.165) is 0 Å². The molecule has 2 rings (SSSR count). The molecule has 0 radical (unpaired) electrons. The fourth-order valence-electron chi connectivity index (χ4n) is 1.65. The first-order valence-electron chi connectivity index (χ1n) is 5.87. The number of amides is 1. The average Bonchev–Trinajstić information content (AvgIpc) is 2.93. The van der Waals surface area contributed by atoms with Crippen molar-refractivity contribution in [2.75, 3.05) is 5.32 Å². The van der Waals surface area contributed by atoms with Crippen molar-refractivity contribution < 1.29 is 14.2 Å². The molecule has 2 aromatic heterocycles. The summed E-state index contributed by atoms with van der Waals surface area (Å²) in [5.41, 5.74) is 0.627. The molecule has 9 heteroatoms. The van der Waals surface area contributed by atoms with Gasteiger partial charge in [-0.15, -0.1) is 0 Å². The Labute approximate surface area is 113 Å². The first kappa shape index (κ1) is 13.7. The molecule has 2 heterocycles. The second kappa shape index (κ2) is 5.51. The van der Waals surface area contributed by atoms with Crippen molar-refractivity contribution in [3.05, 3.63) is 33.7 Å². The smallest absolute Gasteiger partial charge is 0.360 e. The van der Waals surface area contributed by atoms with Gasteiger partial charge in [0.1, 0.15) is 5.76 Å². The highest BCUT2D eigenvalue weighted by Gasteiger charge is 2.16. The van der Waals surface area contributed by atoms with Gasteiger partial charge in [0.05, 0.1) is 23.4 Å². The van der Waals surface area contributed by atoms with E-state index in [9.17, 15) is 14.9 Å². The summed E-state index contributed by atoms with van der Waals surface area (Å²) in [6.45, 7) is 3.66. The van der Waals surface area contributed by atoms with Crippen molar-refractivity contribution >= 4 is 17.5 Å². The molecule has 0 aliphatic carbocycles. The van der Waals surface area contributed by atoms with Crippen LogP contribution in [-0.4, -0.2) is 25.8 Å². The van der Waals surface area contributed by atoms with Crippen molar-refractivity contribution in [2.24, 2.45) is 0 Å². The third-order valence-corrected chi connectivity index (χ3v) is 2.60. The minimum atomic E-state index is -0.568. The standard InChI is InChI=1S/C11H13N5O4/c1-7-5-10(16(18)19)13-15(7)4-3-11(17)12-9-6-8(2)20-14-9/h5-6H,3-4H2,1-2H3,(H,12,14,17). The fraction of sp³-hybridized carbons (Fsp3) is 0.364. The summed E-state index contributed by atoms with van der Waals surface area (Å²) in [6, 6.07) is 2.96. The average molecular weight is 279 g/mol. The maximum absolute atomic E-state index is 11.7. The quantitative estimate of drug-likeness (QED) is 0.653. The van der Waals surface area contributed by atoms with Gasteiger partial charge in [0.25, 0.3) is 0 Å². The van der Waals surface area contributed by atoms with Gasteiger partial charge in [-0.3, -0.25) is 4.79 Å². The summed E-state index contributed by atoms with van der Waals surface area (Å²) >= 11 is 0. The Morgan fingerprint density at radius 3 is 2.80 bits per heavy atom. The van der Waals surface area contributed by atoms with E-state index in [1.807, 2.05) is 0 Å². The van der Waals surface area contributed by atoms with Gasteiger partial charge in [-0.2, -0.15) is 4.68 Å². The van der Waals surface area contributed by atoms with Crippen molar-refractivity contribution in [3.8, 4) is 0 Å². The number of anilines is 1. The molecule has 0 atom stereocenters. The first-order valence-corrected chi connectivity index (χ1v) is 5.87. The Kier molecular flexibility index (Phi) is 3.78. The predicted molar refractivity (Wildman–Crippen MR) is 68.1 cm³/mol. The van der Waals surface area contributed by atoms with Crippen LogP contribution < -0.4 is 5.32 Å². The third kappa shape index (κ3) is 3.19. The van der Waals surface area contributed by atoms with Crippen LogP contribution in [0.5, 0.6) is 0 Å². The molecule has 9 nitrogen and oxygen atoms in total. The lowest BCUT2D eigenvalue weighted by Gasteiger charge is -2.00. The highest BCUT2D eigenvalue weighted by Crippen LogP contribution is 2.12. The molecule has 106 valence electrons. The molecule has 0 fully saturated rings. The van der Waals surface area contributed by atoms with Crippen molar-refractivity contribution in [1.29, 1.82) is 0 Å². The lowest BCUT2D eigenvalue weighted by Crippen LogP contribution is -2.15. The second-order valence-electron chi connectivity index (χ2n) is 4.25. The summed E-state index contributed by atoms with van der Waals surface area (Å²) in [5, 5.41) is 20.6. The normalized spacial score (nSPS) is 10.5. The zero-order valence-corrected chi connectivity index (χ0v) is 11.0. The lowest BCUT2D eigenvalue weighted by atomic mass is 10.3. The third-order valence-electron chi connectivity index (χ3n) is 2.60. The number of nitrogens with one attached hydrogen (secondary N) is 1. The van der Waals surface area contributed by atoms with Gasteiger partial charge in [0.2, 0.25) is 5.91 Å². The topological polar surface area (TPSA) is 116 Å². The molecule has 0 unspecified atom stereocenters. The Hall–Kier alpha value is -2.71. The number of hydrogen-bond acceptors (Lipinski definition) is 6. The number of nitro groups is 1. The minimum Gasteiger partial charge on any atom is -0.360 e. The number of carbonyl (C=O) groups is 1. The second-order valence-corrected chi connectivity index (χ2v) is 4.25. The zero-order chi connectivity index (χ0) is 14.7. The van der Waals surface area contributed by atoms with Gasteiger partial charge in [0, 0.05) is 12.5 Å². The van der Waals surface area contributed by atoms with Gasteiger partial charge in [-0.1, -0.05) is 5.16 Å². The van der Waals surface area contributed by atoms with Gasteiger partial charge in [-0.05, 0) is 18.8 Å². The van der Waals surface area contributed by atoms with E-state index < -0.39 is 4.92 Å². The molecular weight excluding hydrogens is 266 g/mol. The Morgan fingerprint density at radius 2 is 2.25 bits per heavy atom. The maximum Gasteiger partial charge on any atom is 0.390 e. The number of nitrogens with zero attached hydrogens (tertiary/aromatic N) is 4. The van der Waals surface area contributed by atoms with Crippen LogP contribution in [0.25, 0.3) is 0 Å². The first-order chi connectivity index (χ1) is 9.45. The highest BCUT2D eigenvalue weighted by atomic mass is 16.6. The van der Waals surface area contributed by atoms with E-state index in [1.165, 1.54) is 10.7 Å². The number of aryl methyl sites for hydroxylation is 3. The molecule has 2 aromatic rings. The van der Waals surface area contributed by atoms with Gasteiger partial charge < -0.3 is 20.0 Å². The van der Waals surface area contributed by atoms with E-state index in [2.05, 4.69) is 15.6 Å². The van der Waals surface area contributed by atoms with Crippen LogP contribution in [0.2, 0.25) is 0 Å². The molecule has 20 heavy (non-hydrogen) atoms. The van der Waals surface area contributed by atoms with E-state index in [0.29, 0.717) is 17.3 Å². The number of rotatable bonds is 5. The molecule has 0 aliphatic heterocycles. The Balaban J connectivity index is 1.91. The van der Waals surface area contributed by atoms with Crippen LogP contribution in [0.1, 0.15) is 17.9 Å². The Bertz CT molecular complexity index is 645. The van der Waals surface area contributed by atoms with Crippen LogP contribution in [0.3, 0.4) is 0 Å². The number of hydrogen-bond donors (Lipinski definition) is 1. The zero-order valence-electron chi connectivity index (χ0n) is 11.0. The molecule has 0 aromatic carbocycles. The van der Waals surface area contributed by atoms with Crippen LogP contribution in [-0.2, 0) is 11.3 Å². The highest BCUT2D eigenvalue weighted by molar-refractivity contribution is 5.89. The summed E-state index contributed by atoms with van der Waals surface area (Å²) in [5.74, 6) is 0.445. The van der Waals surface area contributed by atoms with Crippen molar-refractivity contribution in [3.63, 3.8) is 0 Å². The monoisotopic (exact) mass is 279 g/mol. The van der Waals surface area contributed by atoms with E-state index in [1.54, 1.807) is 19.9 Å². The van der Waals surface area contributed by atoms with Gasteiger partial charge in [0.15, 0.2) is 5.82 Å². The SMILES string of the molecule is Cc1cc(NC(=O)CCn2nc([N+](=O)[O-])cc2C)no1. The summed E-state index contributed by atoms with van der Waals surface area (Å²) in [7, 11) is 0. The largest absolute Gasteiger partial charge is 0.390 e. The van der Waals surface area contributed by atoms with Crippen LogP contribution >= 0.6 is 0 Å². The fourth-order valence-corrected chi connectivity index (χ4v) is 1.65. The summed E-state index contributed by atoms with van der Waals surface area (Å²) < 4.78 is 6.24. The molecule has 1 N–H and O–H groups in total. The lowest BCUT2D eigenvalue weighted by molar-refractivity contribution is -0.389. The molecule has 0 aliphatic rings. The molecule has 0 spiro atoms. The molecule has 0 saturated heterocycles. The minimum absolute atomic E-state index is 0.131.